The van der Waals surface area contributed by atoms with Crippen molar-refractivity contribution in [3.05, 3.63) is 28.7 Å². The SMILES string of the molecule is NCCCNc1cccc(Br)c1. The Hall–Kier alpha value is -0.540. The molecule has 3 N–H and O–H groups in total. The van der Waals surface area contributed by atoms with Gasteiger partial charge in [-0.15, -0.1) is 0 Å². The van der Waals surface area contributed by atoms with E-state index in [1.165, 1.54) is 0 Å². The van der Waals surface area contributed by atoms with Crippen LogP contribution in [0.5, 0.6) is 0 Å². The maximum Gasteiger partial charge on any atom is 0.0351 e. The second kappa shape index (κ2) is 5.17. The molecule has 0 amide bonds. The molecule has 0 aromatic heterocycles. The van der Waals surface area contributed by atoms with Gasteiger partial charge in [0, 0.05) is 16.7 Å². The Kier molecular flexibility index (Phi) is 4.11. The fraction of sp³-hybridized carbons (Fsp3) is 0.333. The largest absolute Gasteiger partial charge is 0.385 e. The van der Waals surface area contributed by atoms with Crippen molar-refractivity contribution in [1.82, 2.24) is 0 Å². The molecule has 0 saturated carbocycles. The molecule has 0 aliphatic rings. The van der Waals surface area contributed by atoms with Crippen LogP contribution in [0.15, 0.2) is 28.7 Å². The first-order valence-corrected chi connectivity index (χ1v) is 4.82. The van der Waals surface area contributed by atoms with E-state index in [1.807, 2.05) is 18.2 Å². The van der Waals surface area contributed by atoms with Gasteiger partial charge in [0.25, 0.3) is 0 Å². The summed E-state index contributed by atoms with van der Waals surface area (Å²) >= 11 is 3.41. The number of nitrogens with one attached hydrogen (secondary N) is 1. The number of anilines is 1. The third-order valence-electron chi connectivity index (χ3n) is 1.53. The molecular formula is C9H13BrN2. The van der Waals surface area contributed by atoms with Gasteiger partial charge in [0.2, 0.25) is 0 Å². The van der Waals surface area contributed by atoms with E-state index >= 15 is 0 Å². The van der Waals surface area contributed by atoms with Gasteiger partial charge in [-0.2, -0.15) is 0 Å². The van der Waals surface area contributed by atoms with E-state index in [2.05, 4.69) is 27.3 Å². The smallest absolute Gasteiger partial charge is 0.0351 e. The minimum absolute atomic E-state index is 0.737. The molecule has 0 unspecified atom stereocenters. The average molecular weight is 229 g/mol. The summed E-state index contributed by atoms with van der Waals surface area (Å²) in [7, 11) is 0. The van der Waals surface area contributed by atoms with Crippen LogP contribution in [0.2, 0.25) is 0 Å². The van der Waals surface area contributed by atoms with Crippen molar-refractivity contribution in [2.24, 2.45) is 5.73 Å². The molecule has 2 nitrogen and oxygen atoms in total. The highest BCUT2D eigenvalue weighted by molar-refractivity contribution is 9.10. The van der Waals surface area contributed by atoms with Gasteiger partial charge in [-0.1, -0.05) is 22.0 Å². The van der Waals surface area contributed by atoms with Gasteiger partial charge >= 0.3 is 0 Å². The highest BCUT2D eigenvalue weighted by atomic mass is 79.9. The third kappa shape index (κ3) is 3.24. The lowest BCUT2D eigenvalue weighted by Crippen LogP contribution is -2.08. The maximum atomic E-state index is 5.37. The number of halogens is 1. The summed E-state index contributed by atoms with van der Waals surface area (Å²) in [6.45, 7) is 1.67. The Morgan fingerprint density at radius 3 is 2.92 bits per heavy atom. The summed E-state index contributed by atoms with van der Waals surface area (Å²) in [5, 5.41) is 3.28. The van der Waals surface area contributed by atoms with Gasteiger partial charge in [0.15, 0.2) is 0 Å². The summed E-state index contributed by atoms with van der Waals surface area (Å²) in [4.78, 5) is 0. The van der Waals surface area contributed by atoms with Crippen LogP contribution in [0.3, 0.4) is 0 Å². The van der Waals surface area contributed by atoms with Crippen LogP contribution >= 0.6 is 15.9 Å². The lowest BCUT2D eigenvalue weighted by Gasteiger charge is -2.04. The van der Waals surface area contributed by atoms with E-state index in [9.17, 15) is 0 Å². The number of benzene rings is 1. The Bertz CT molecular complexity index is 238. The summed E-state index contributed by atoms with van der Waals surface area (Å²) < 4.78 is 1.10. The predicted octanol–water partition coefficient (Wildman–Crippen LogP) is 2.21. The molecule has 1 rings (SSSR count). The molecule has 3 heteroatoms. The molecular weight excluding hydrogens is 216 g/mol. The van der Waals surface area contributed by atoms with E-state index in [0.717, 1.165) is 29.7 Å². The minimum atomic E-state index is 0.737. The molecule has 0 aliphatic heterocycles. The maximum absolute atomic E-state index is 5.37. The van der Waals surface area contributed by atoms with Gasteiger partial charge < -0.3 is 11.1 Å². The molecule has 12 heavy (non-hydrogen) atoms. The van der Waals surface area contributed by atoms with Crippen LogP contribution in [-0.4, -0.2) is 13.1 Å². The average Bonchev–Trinajstić information content (AvgIpc) is 2.05. The van der Waals surface area contributed by atoms with Crippen molar-refractivity contribution in [2.45, 2.75) is 6.42 Å². The zero-order valence-electron chi connectivity index (χ0n) is 6.89. The van der Waals surface area contributed by atoms with Gasteiger partial charge in [-0.05, 0) is 31.2 Å². The number of nitrogens with two attached hydrogens (primary N) is 1. The van der Waals surface area contributed by atoms with E-state index in [4.69, 9.17) is 5.73 Å². The summed E-state index contributed by atoms with van der Waals surface area (Å²) in [5.41, 5.74) is 6.51. The van der Waals surface area contributed by atoms with Crippen molar-refractivity contribution >= 4 is 21.6 Å². The van der Waals surface area contributed by atoms with Crippen molar-refractivity contribution in [3.63, 3.8) is 0 Å². The fourth-order valence-corrected chi connectivity index (χ4v) is 1.33. The lowest BCUT2D eigenvalue weighted by atomic mass is 10.3. The van der Waals surface area contributed by atoms with Crippen molar-refractivity contribution in [3.8, 4) is 0 Å². The molecule has 0 spiro atoms. The van der Waals surface area contributed by atoms with Gasteiger partial charge in [-0.25, -0.2) is 0 Å². The summed E-state index contributed by atoms with van der Waals surface area (Å²) in [6, 6.07) is 8.11. The molecule has 1 aromatic carbocycles. The second-order valence-electron chi connectivity index (χ2n) is 2.58. The molecule has 0 atom stereocenters. The van der Waals surface area contributed by atoms with E-state index in [1.54, 1.807) is 0 Å². The highest BCUT2D eigenvalue weighted by Crippen LogP contribution is 2.15. The number of hydrogen-bond donors (Lipinski definition) is 2. The molecule has 0 radical (unpaired) electrons. The number of hydrogen-bond acceptors (Lipinski definition) is 2. The Balaban J connectivity index is 2.41. The summed E-state index contributed by atoms with van der Waals surface area (Å²) in [6.07, 6.45) is 1.01. The monoisotopic (exact) mass is 228 g/mol. The first-order chi connectivity index (χ1) is 5.83. The molecule has 1 aromatic rings. The molecule has 0 fully saturated rings. The van der Waals surface area contributed by atoms with Gasteiger partial charge in [-0.3, -0.25) is 0 Å². The van der Waals surface area contributed by atoms with Crippen LogP contribution in [-0.2, 0) is 0 Å². The molecule has 0 heterocycles. The van der Waals surface area contributed by atoms with E-state index in [-0.39, 0.29) is 0 Å². The zero-order valence-corrected chi connectivity index (χ0v) is 8.47. The van der Waals surface area contributed by atoms with E-state index in [0.29, 0.717) is 0 Å². The van der Waals surface area contributed by atoms with Gasteiger partial charge in [0.05, 0.1) is 0 Å². The van der Waals surface area contributed by atoms with E-state index < -0.39 is 0 Å². The van der Waals surface area contributed by atoms with Crippen molar-refractivity contribution in [1.29, 1.82) is 0 Å². The minimum Gasteiger partial charge on any atom is -0.385 e. The number of rotatable bonds is 4. The normalized spacial score (nSPS) is 9.83. The molecule has 0 aliphatic carbocycles. The standard InChI is InChI=1S/C9H13BrN2/c10-8-3-1-4-9(7-8)12-6-2-5-11/h1,3-4,7,12H,2,5-6,11H2. The van der Waals surface area contributed by atoms with Crippen LogP contribution in [0.4, 0.5) is 5.69 Å². The fourth-order valence-electron chi connectivity index (χ4n) is 0.933. The van der Waals surface area contributed by atoms with Crippen molar-refractivity contribution < 1.29 is 0 Å². The Labute approximate surface area is 81.3 Å². The zero-order chi connectivity index (χ0) is 8.81. The van der Waals surface area contributed by atoms with Crippen LogP contribution in [0, 0.1) is 0 Å². The second-order valence-corrected chi connectivity index (χ2v) is 3.50. The van der Waals surface area contributed by atoms with Crippen LogP contribution < -0.4 is 11.1 Å². The molecule has 0 saturated heterocycles. The third-order valence-corrected chi connectivity index (χ3v) is 2.03. The Morgan fingerprint density at radius 1 is 1.42 bits per heavy atom. The predicted molar refractivity (Wildman–Crippen MR) is 56.3 cm³/mol. The quantitative estimate of drug-likeness (QED) is 0.777. The van der Waals surface area contributed by atoms with Crippen molar-refractivity contribution in [2.75, 3.05) is 18.4 Å². The molecule has 0 bridgehead atoms. The highest BCUT2D eigenvalue weighted by Gasteiger charge is 1.90. The van der Waals surface area contributed by atoms with Gasteiger partial charge in [0.1, 0.15) is 0 Å². The van der Waals surface area contributed by atoms with Crippen LogP contribution in [0.25, 0.3) is 0 Å². The lowest BCUT2D eigenvalue weighted by molar-refractivity contribution is 0.874. The van der Waals surface area contributed by atoms with Crippen LogP contribution in [0.1, 0.15) is 6.42 Å². The topological polar surface area (TPSA) is 38.0 Å². The summed E-state index contributed by atoms with van der Waals surface area (Å²) in [5.74, 6) is 0. The first kappa shape index (κ1) is 9.55. The Morgan fingerprint density at radius 2 is 2.25 bits per heavy atom. The molecule has 66 valence electrons. The first-order valence-electron chi connectivity index (χ1n) is 4.02.